The van der Waals surface area contributed by atoms with Gasteiger partial charge in [0.1, 0.15) is 0 Å². The number of aliphatic hydroxyl groups excluding tert-OH is 1. The van der Waals surface area contributed by atoms with Crippen molar-refractivity contribution in [2.45, 2.75) is 25.8 Å². The van der Waals surface area contributed by atoms with E-state index in [4.69, 9.17) is 16.7 Å². The molecule has 0 spiro atoms. The van der Waals surface area contributed by atoms with Gasteiger partial charge in [0.2, 0.25) is 0 Å². The standard InChI is InChI=1S/C11H13ClO2/c1-7-5-9(6-13)3-4-10(7)11(14)8(2)12/h3-5,8,13H,6H2,1-2H3. The number of rotatable bonds is 3. The number of aliphatic hydroxyl groups is 1. The molecule has 1 N–H and O–H groups in total. The predicted molar refractivity (Wildman–Crippen MR) is 56.7 cm³/mol. The smallest absolute Gasteiger partial charge is 0.180 e. The maximum Gasteiger partial charge on any atom is 0.180 e. The molecule has 14 heavy (non-hydrogen) atoms. The van der Waals surface area contributed by atoms with Gasteiger partial charge in [-0.15, -0.1) is 11.6 Å². The number of halogens is 1. The Balaban J connectivity index is 3.06. The summed E-state index contributed by atoms with van der Waals surface area (Å²) in [6.45, 7) is 3.49. The van der Waals surface area contributed by atoms with Crippen LogP contribution in [0.4, 0.5) is 0 Å². The highest BCUT2D eigenvalue weighted by molar-refractivity contribution is 6.33. The Hall–Kier alpha value is -0.860. The van der Waals surface area contributed by atoms with E-state index < -0.39 is 5.38 Å². The molecule has 0 aliphatic heterocycles. The fourth-order valence-electron chi connectivity index (χ4n) is 1.31. The van der Waals surface area contributed by atoms with Crippen LogP contribution in [0.15, 0.2) is 18.2 Å². The summed E-state index contributed by atoms with van der Waals surface area (Å²) >= 11 is 5.71. The van der Waals surface area contributed by atoms with Gasteiger partial charge in [-0.05, 0) is 25.0 Å². The molecule has 0 aromatic heterocycles. The van der Waals surface area contributed by atoms with E-state index in [9.17, 15) is 4.79 Å². The summed E-state index contributed by atoms with van der Waals surface area (Å²) in [4.78, 5) is 11.6. The first-order chi connectivity index (χ1) is 6.56. The quantitative estimate of drug-likeness (QED) is 0.617. The summed E-state index contributed by atoms with van der Waals surface area (Å²) < 4.78 is 0. The molecular weight excluding hydrogens is 200 g/mol. The average molecular weight is 213 g/mol. The Labute approximate surface area is 88.5 Å². The number of alkyl halides is 1. The third-order valence-corrected chi connectivity index (χ3v) is 2.30. The van der Waals surface area contributed by atoms with Crippen LogP contribution in [-0.4, -0.2) is 16.3 Å². The molecule has 0 aliphatic rings. The minimum Gasteiger partial charge on any atom is -0.392 e. The minimum absolute atomic E-state index is 0.00820. The Morgan fingerprint density at radius 1 is 1.57 bits per heavy atom. The zero-order chi connectivity index (χ0) is 10.7. The molecule has 0 amide bonds. The SMILES string of the molecule is Cc1cc(CO)ccc1C(=O)C(C)Cl. The van der Waals surface area contributed by atoms with Crippen LogP contribution >= 0.6 is 11.6 Å². The summed E-state index contributed by atoms with van der Waals surface area (Å²) in [5.74, 6) is -0.0753. The van der Waals surface area contributed by atoms with Crippen molar-refractivity contribution < 1.29 is 9.90 Å². The van der Waals surface area contributed by atoms with Gasteiger partial charge >= 0.3 is 0 Å². The van der Waals surface area contributed by atoms with Crippen LogP contribution in [0.3, 0.4) is 0 Å². The molecule has 3 heteroatoms. The van der Waals surface area contributed by atoms with E-state index in [1.165, 1.54) is 0 Å². The number of benzene rings is 1. The molecule has 0 radical (unpaired) electrons. The number of aryl methyl sites for hydroxylation is 1. The lowest BCUT2D eigenvalue weighted by atomic mass is 10.0. The van der Waals surface area contributed by atoms with Gasteiger partial charge in [0.15, 0.2) is 5.78 Å². The van der Waals surface area contributed by atoms with Crippen LogP contribution in [0.5, 0.6) is 0 Å². The topological polar surface area (TPSA) is 37.3 Å². The summed E-state index contributed by atoms with van der Waals surface area (Å²) in [6, 6.07) is 5.24. The van der Waals surface area contributed by atoms with Gasteiger partial charge in [-0.2, -0.15) is 0 Å². The van der Waals surface area contributed by atoms with E-state index in [2.05, 4.69) is 0 Å². The van der Waals surface area contributed by atoms with Crippen molar-refractivity contribution in [1.29, 1.82) is 0 Å². The number of carbonyl (C=O) groups is 1. The van der Waals surface area contributed by atoms with Gasteiger partial charge in [-0.1, -0.05) is 18.2 Å². The van der Waals surface area contributed by atoms with E-state index >= 15 is 0 Å². The van der Waals surface area contributed by atoms with Crippen LogP contribution in [0.25, 0.3) is 0 Å². The molecule has 0 heterocycles. The minimum atomic E-state index is -0.506. The van der Waals surface area contributed by atoms with Crippen LogP contribution in [0.2, 0.25) is 0 Å². The molecular formula is C11H13ClO2. The van der Waals surface area contributed by atoms with Crippen molar-refractivity contribution in [3.8, 4) is 0 Å². The molecule has 76 valence electrons. The van der Waals surface area contributed by atoms with Gasteiger partial charge in [0.25, 0.3) is 0 Å². The number of hydrogen-bond acceptors (Lipinski definition) is 2. The van der Waals surface area contributed by atoms with Crippen molar-refractivity contribution in [2.24, 2.45) is 0 Å². The van der Waals surface area contributed by atoms with E-state index in [1.54, 1.807) is 25.1 Å². The highest BCUT2D eigenvalue weighted by Gasteiger charge is 2.14. The second-order valence-electron chi connectivity index (χ2n) is 3.29. The fourth-order valence-corrected chi connectivity index (χ4v) is 1.43. The lowest BCUT2D eigenvalue weighted by molar-refractivity contribution is 0.0991. The molecule has 1 aromatic carbocycles. The molecule has 0 saturated heterocycles. The van der Waals surface area contributed by atoms with Crippen LogP contribution < -0.4 is 0 Å². The van der Waals surface area contributed by atoms with E-state index in [0.717, 1.165) is 11.1 Å². The molecule has 0 bridgehead atoms. The summed E-state index contributed by atoms with van der Waals surface area (Å²) in [7, 11) is 0. The van der Waals surface area contributed by atoms with Crippen LogP contribution in [0, 0.1) is 6.92 Å². The first-order valence-electron chi connectivity index (χ1n) is 4.45. The Bertz CT molecular complexity index is 345. The normalized spacial score (nSPS) is 12.6. The average Bonchev–Trinajstić information content (AvgIpc) is 2.16. The monoisotopic (exact) mass is 212 g/mol. The van der Waals surface area contributed by atoms with Gasteiger partial charge in [-0.25, -0.2) is 0 Å². The predicted octanol–water partition coefficient (Wildman–Crippen LogP) is 2.30. The zero-order valence-corrected chi connectivity index (χ0v) is 9.01. The van der Waals surface area contributed by atoms with Crippen molar-refractivity contribution in [2.75, 3.05) is 0 Å². The third kappa shape index (κ3) is 2.34. The van der Waals surface area contributed by atoms with Crippen molar-refractivity contribution >= 4 is 17.4 Å². The molecule has 0 saturated carbocycles. The van der Waals surface area contributed by atoms with Gasteiger partial charge in [0.05, 0.1) is 12.0 Å². The number of carbonyl (C=O) groups excluding carboxylic acids is 1. The first-order valence-corrected chi connectivity index (χ1v) is 4.88. The number of ketones is 1. The summed E-state index contributed by atoms with van der Waals surface area (Å²) in [5.41, 5.74) is 2.29. The van der Waals surface area contributed by atoms with Crippen molar-refractivity contribution in [3.05, 3.63) is 34.9 Å². The van der Waals surface area contributed by atoms with Gasteiger partial charge < -0.3 is 5.11 Å². The lowest BCUT2D eigenvalue weighted by Crippen LogP contribution is -2.12. The third-order valence-electron chi connectivity index (χ3n) is 2.10. The van der Waals surface area contributed by atoms with E-state index in [0.29, 0.717) is 5.56 Å². The highest BCUT2D eigenvalue weighted by Crippen LogP contribution is 2.15. The number of Topliss-reactive ketones (excluding diaryl/α,β-unsaturated/α-hetero) is 1. The molecule has 1 aromatic rings. The maximum atomic E-state index is 11.6. The highest BCUT2D eigenvalue weighted by atomic mass is 35.5. The first kappa shape index (κ1) is 11.2. The Morgan fingerprint density at radius 3 is 2.64 bits per heavy atom. The van der Waals surface area contributed by atoms with Crippen LogP contribution in [0.1, 0.15) is 28.4 Å². The summed E-state index contributed by atoms with van der Waals surface area (Å²) in [6.07, 6.45) is 0. The van der Waals surface area contributed by atoms with E-state index in [-0.39, 0.29) is 12.4 Å². The fraction of sp³-hybridized carbons (Fsp3) is 0.364. The van der Waals surface area contributed by atoms with Gasteiger partial charge in [-0.3, -0.25) is 4.79 Å². The molecule has 2 nitrogen and oxygen atoms in total. The Kier molecular flexibility index (Phi) is 3.67. The zero-order valence-electron chi connectivity index (χ0n) is 8.25. The Morgan fingerprint density at radius 2 is 2.21 bits per heavy atom. The largest absolute Gasteiger partial charge is 0.392 e. The lowest BCUT2D eigenvalue weighted by Gasteiger charge is -2.07. The molecule has 0 fully saturated rings. The molecule has 0 aliphatic carbocycles. The van der Waals surface area contributed by atoms with Gasteiger partial charge in [0, 0.05) is 5.56 Å². The second kappa shape index (κ2) is 4.58. The van der Waals surface area contributed by atoms with Crippen LogP contribution in [-0.2, 0) is 6.61 Å². The second-order valence-corrected chi connectivity index (χ2v) is 3.94. The van der Waals surface area contributed by atoms with E-state index in [1.807, 2.05) is 6.92 Å². The maximum absolute atomic E-state index is 11.6. The summed E-state index contributed by atoms with van der Waals surface area (Å²) in [5, 5.41) is 8.38. The molecule has 1 unspecified atom stereocenters. The molecule has 1 atom stereocenters. The van der Waals surface area contributed by atoms with Crippen molar-refractivity contribution in [3.63, 3.8) is 0 Å². The molecule has 1 rings (SSSR count). The van der Waals surface area contributed by atoms with Crippen molar-refractivity contribution in [1.82, 2.24) is 0 Å². The number of hydrogen-bond donors (Lipinski definition) is 1.